The molecular weight excluding hydrogens is 605 g/mol. The number of hydrogen-bond donors (Lipinski definition) is 2. The van der Waals surface area contributed by atoms with Gasteiger partial charge in [-0.15, -0.1) is 0 Å². The van der Waals surface area contributed by atoms with Crippen LogP contribution in [0.3, 0.4) is 0 Å². The monoisotopic (exact) mass is 634 g/mol. The van der Waals surface area contributed by atoms with Crippen molar-refractivity contribution < 1.29 is 49.3 Å². The van der Waals surface area contributed by atoms with E-state index in [1.807, 2.05) is 6.92 Å². The van der Waals surface area contributed by atoms with Gasteiger partial charge in [-0.2, -0.15) is 4.31 Å². The molecule has 1 aliphatic heterocycles. The first-order valence-corrected chi connectivity index (χ1v) is 11.5. The van der Waals surface area contributed by atoms with Gasteiger partial charge in [-0.25, -0.2) is 8.42 Å². The van der Waals surface area contributed by atoms with Crippen molar-refractivity contribution in [2.45, 2.75) is 62.4 Å². The molecule has 3 rings (SSSR count). The van der Waals surface area contributed by atoms with Gasteiger partial charge in [0.15, 0.2) is 0 Å². The van der Waals surface area contributed by atoms with Crippen molar-refractivity contribution in [1.29, 1.82) is 0 Å². The molecule has 11 heteroatoms. The third-order valence-corrected chi connectivity index (χ3v) is 7.80. The van der Waals surface area contributed by atoms with Crippen molar-refractivity contribution >= 4 is 22.0 Å². The number of carbonyl (C=O) groups is 2. The minimum atomic E-state index is -3.77. The first kappa shape index (κ1) is 27.7. The summed E-state index contributed by atoms with van der Waals surface area (Å²) in [6, 6.07) is 6.80. The normalized spacial score (nSPS) is 23.6. The Labute approximate surface area is 197 Å². The Morgan fingerprint density at radius 1 is 0.968 bits per heavy atom. The van der Waals surface area contributed by atoms with E-state index in [1.54, 1.807) is 12.1 Å². The zero-order valence-electron chi connectivity index (χ0n) is 17.4. The molecule has 2 aliphatic rings. The zero-order valence-corrected chi connectivity index (χ0v) is 20.5. The molecule has 0 amide bonds. The molecule has 1 saturated heterocycles. The average Bonchev–Trinajstić information content (AvgIpc) is 2.71. The molecular formula is C20H29N3O6PtS. The number of benzene rings is 1. The van der Waals surface area contributed by atoms with Crippen LogP contribution in [0.4, 0.5) is 0 Å². The number of piperidine rings is 1. The van der Waals surface area contributed by atoms with Crippen LogP contribution < -0.4 is 21.7 Å². The summed E-state index contributed by atoms with van der Waals surface area (Å²) in [5.41, 5.74) is 10.1. The Hall–Kier alpha value is -1.32. The van der Waals surface area contributed by atoms with E-state index in [0.717, 1.165) is 22.7 Å². The Bertz CT molecular complexity index is 828. The number of nitrogens with two attached hydrogens (primary N) is 2. The van der Waals surface area contributed by atoms with E-state index in [-0.39, 0.29) is 64.0 Å². The van der Waals surface area contributed by atoms with Crippen molar-refractivity contribution in [2.75, 3.05) is 13.1 Å². The number of nitrogens with zero attached hydrogens (tertiary/aromatic N) is 1. The molecule has 0 aromatic heterocycles. The van der Waals surface area contributed by atoms with Crippen LogP contribution in [0, 0.1) is 12.3 Å². The second kappa shape index (κ2) is 11.5. The predicted molar refractivity (Wildman–Crippen MR) is 106 cm³/mol. The van der Waals surface area contributed by atoms with Gasteiger partial charge in [0.25, 0.3) is 0 Å². The number of aliphatic carboxylic acids is 2. The number of carboxylic acids is 2. The van der Waals surface area contributed by atoms with Crippen LogP contribution in [-0.2, 0) is 40.7 Å². The SMILES string of the molecule is Cc1ccc(S(=O)(=O)N2CCC(C(=O)[O-])(C(=O)[O-])CC2)cc1.N[C@@H]1CCCC[C@H]1N.[Pt+2]. The molecule has 2 atom stereocenters. The molecule has 1 saturated carbocycles. The van der Waals surface area contributed by atoms with Crippen molar-refractivity contribution in [3.8, 4) is 0 Å². The van der Waals surface area contributed by atoms with Crippen LogP contribution in [-0.4, -0.2) is 49.8 Å². The van der Waals surface area contributed by atoms with Gasteiger partial charge in [-0.3, -0.25) is 0 Å². The van der Waals surface area contributed by atoms with Crippen LogP contribution in [0.2, 0.25) is 0 Å². The first-order chi connectivity index (χ1) is 14.0. The molecule has 1 aliphatic carbocycles. The summed E-state index contributed by atoms with van der Waals surface area (Å²) in [5, 5.41) is 22.2. The van der Waals surface area contributed by atoms with E-state index in [1.165, 1.54) is 25.0 Å². The zero-order chi connectivity index (χ0) is 22.5. The molecule has 1 heterocycles. The number of aryl methyl sites for hydroxylation is 1. The maximum Gasteiger partial charge on any atom is 2.00 e. The summed E-state index contributed by atoms with van der Waals surface area (Å²) in [6.07, 6.45) is 4.05. The molecule has 31 heavy (non-hydrogen) atoms. The van der Waals surface area contributed by atoms with E-state index in [9.17, 15) is 28.2 Å². The number of rotatable bonds is 4. The number of sulfonamides is 1. The van der Waals surface area contributed by atoms with Crippen LogP contribution in [0.15, 0.2) is 29.2 Å². The summed E-state index contributed by atoms with van der Waals surface area (Å²) >= 11 is 0. The smallest absolute Gasteiger partial charge is 0.549 e. The molecule has 0 unspecified atom stereocenters. The number of hydrogen-bond acceptors (Lipinski definition) is 8. The molecule has 0 bridgehead atoms. The Kier molecular flexibility index (Phi) is 10.3. The topological polar surface area (TPSA) is 170 Å². The third kappa shape index (κ3) is 6.58. The molecule has 9 nitrogen and oxygen atoms in total. The summed E-state index contributed by atoms with van der Waals surface area (Å²) < 4.78 is 26.0. The van der Waals surface area contributed by atoms with Gasteiger partial charge in [0.2, 0.25) is 10.0 Å². The molecule has 4 N–H and O–H groups in total. The molecule has 176 valence electrons. The maximum atomic E-state index is 12.4. The fourth-order valence-electron chi connectivity index (χ4n) is 3.65. The van der Waals surface area contributed by atoms with E-state index in [0.29, 0.717) is 0 Å². The Balaban J connectivity index is 0.000000450. The second-order valence-electron chi connectivity index (χ2n) is 7.99. The largest absolute Gasteiger partial charge is 2.00 e. The molecule has 2 fully saturated rings. The standard InChI is InChI=1S/C14H17NO6S.C6H14N2.Pt/c1-10-2-4-11(5-3-10)22(20,21)15-8-6-14(7-9-15,12(16)17)13(18)19;7-5-3-1-2-4-6(5)8;/h2-5H,6-9H2,1H3,(H,16,17)(H,18,19);5-6H,1-4,7-8H2;/q;;+2/p-2/t;5-,6-;/m.1./s1. The van der Waals surface area contributed by atoms with E-state index >= 15 is 0 Å². The van der Waals surface area contributed by atoms with Crippen LogP contribution in [0.1, 0.15) is 44.1 Å². The molecule has 1 aromatic carbocycles. The molecule has 1 aromatic rings. The van der Waals surface area contributed by atoms with Gasteiger partial charge < -0.3 is 31.3 Å². The van der Waals surface area contributed by atoms with Crippen LogP contribution in [0.5, 0.6) is 0 Å². The Morgan fingerprint density at radius 2 is 1.39 bits per heavy atom. The minimum Gasteiger partial charge on any atom is -0.549 e. The second-order valence-corrected chi connectivity index (χ2v) is 9.92. The number of carboxylic acid groups (broad SMARTS) is 2. The van der Waals surface area contributed by atoms with Crippen LogP contribution in [0.25, 0.3) is 0 Å². The van der Waals surface area contributed by atoms with Gasteiger partial charge in [0.1, 0.15) is 0 Å². The quantitative estimate of drug-likeness (QED) is 0.377. The molecule has 0 spiro atoms. The summed E-state index contributed by atoms with van der Waals surface area (Å²) in [4.78, 5) is 22.3. The minimum absolute atomic E-state index is 0. The third-order valence-electron chi connectivity index (χ3n) is 5.89. The first-order valence-electron chi connectivity index (χ1n) is 10.0. The van der Waals surface area contributed by atoms with Crippen LogP contribution >= 0.6 is 0 Å². The molecule has 0 radical (unpaired) electrons. The fourth-order valence-corrected chi connectivity index (χ4v) is 5.09. The maximum absolute atomic E-state index is 12.4. The van der Waals surface area contributed by atoms with Crippen molar-refractivity contribution in [1.82, 2.24) is 4.31 Å². The summed E-state index contributed by atoms with van der Waals surface area (Å²) in [6.45, 7) is 1.40. The van der Waals surface area contributed by atoms with Gasteiger partial charge in [0, 0.05) is 25.2 Å². The van der Waals surface area contributed by atoms with E-state index in [2.05, 4.69) is 0 Å². The van der Waals surface area contributed by atoms with Gasteiger partial charge in [-0.05, 0) is 44.7 Å². The van der Waals surface area contributed by atoms with Crippen molar-refractivity contribution in [2.24, 2.45) is 16.9 Å². The van der Waals surface area contributed by atoms with E-state index < -0.39 is 27.4 Å². The summed E-state index contributed by atoms with van der Waals surface area (Å²) in [7, 11) is -3.77. The van der Waals surface area contributed by atoms with Gasteiger partial charge >= 0.3 is 21.1 Å². The Morgan fingerprint density at radius 3 is 1.74 bits per heavy atom. The number of carbonyl (C=O) groups excluding carboxylic acids is 2. The van der Waals surface area contributed by atoms with E-state index in [4.69, 9.17) is 11.5 Å². The van der Waals surface area contributed by atoms with Gasteiger partial charge in [-0.1, -0.05) is 30.5 Å². The summed E-state index contributed by atoms with van der Waals surface area (Å²) in [5.74, 6) is -3.47. The van der Waals surface area contributed by atoms with Crippen molar-refractivity contribution in [3.05, 3.63) is 29.8 Å². The van der Waals surface area contributed by atoms with Crippen molar-refractivity contribution in [3.63, 3.8) is 0 Å². The fraction of sp³-hybridized carbons (Fsp3) is 0.600. The average molecular weight is 635 g/mol. The van der Waals surface area contributed by atoms with Gasteiger partial charge in [0.05, 0.1) is 22.2 Å². The predicted octanol–water partition coefficient (Wildman–Crippen LogP) is -1.52.